The molecule has 2 aromatic carbocycles. The highest BCUT2D eigenvalue weighted by Crippen LogP contribution is 2.35. The Balaban J connectivity index is 1.88. The maximum Gasteiger partial charge on any atom is 0.410 e. The Morgan fingerprint density at radius 3 is 2.48 bits per heavy atom. The molecule has 0 aliphatic carbocycles. The summed E-state index contributed by atoms with van der Waals surface area (Å²) < 4.78 is 7.08. The molecule has 0 N–H and O–H groups in total. The molecule has 0 radical (unpaired) electrons. The number of hydrogen-bond acceptors (Lipinski definition) is 4. The van der Waals surface area contributed by atoms with Crippen LogP contribution in [-0.2, 0) is 4.74 Å². The van der Waals surface area contributed by atoms with Gasteiger partial charge in [0.05, 0.1) is 27.7 Å². The van der Waals surface area contributed by atoms with E-state index in [1.165, 1.54) is 0 Å². The average Bonchev–Trinajstić information content (AvgIpc) is 2.60. The van der Waals surface area contributed by atoms with E-state index in [1.807, 2.05) is 51.1 Å². The van der Waals surface area contributed by atoms with E-state index in [9.17, 15) is 9.59 Å². The zero-order valence-corrected chi connectivity index (χ0v) is 17.3. The number of para-hydroxylation sites is 1. The predicted octanol–water partition coefficient (Wildman–Crippen LogP) is 4.72. The minimum atomic E-state index is -0.597. The van der Waals surface area contributed by atoms with E-state index in [-0.39, 0.29) is 11.6 Å². The molecule has 4 rings (SSSR count). The zero-order valence-electron chi connectivity index (χ0n) is 16.6. The molecule has 2 heterocycles. The summed E-state index contributed by atoms with van der Waals surface area (Å²) in [5, 5.41) is 0.721. The highest BCUT2D eigenvalue weighted by Gasteiger charge is 2.39. The van der Waals surface area contributed by atoms with Gasteiger partial charge in [-0.3, -0.25) is 14.3 Å². The smallest absolute Gasteiger partial charge is 0.410 e. The van der Waals surface area contributed by atoms with Crippen molar-refractivity contribution < 1.29 is 9.53 Å². The molecule has 1 saturated heterocycles. The molecule has 7 heteroatoms. The number of fused-ring (bicyclic) bond motifs is 1. The van der Waals surface area contributed by atoms with Gasteiger partial charge in [0.2, 0.25) is 0 Å². The van der Waals surface area contributed by atoms with Gasteiger partial charge in [-0.1, -0.05) is 35.9 Å². The van der Waals surface area contributed by atoms with Crippen molar-refractivity contribution in [3.63, 3.8) is 0 Å². The number of nitrogens with zero attached hydrogens (tertiary/aromatic N) is 3. The SMILES string of the molecule is CC(C)(C)OC(=O)N1CC[C@H]1c1nc2cccc(Cl)c2c(=O)n1-c1ccccc1. The fraction of sp³-hybridized carbons (Fsp3) is 0.318. The first kappa shape index (κ1) is 19.5. The molecule has 150 valence electrons. The van der Waals surface area contributed by atoms with Crippen LogP contribution in [0.4, 0.5) is 4.79 Å². The summed E-state index contributed by atoms with van der Waals surface area (Å²) in [6.07, 6.45) is 0.290. The van der Waals surface area contributed by atoms with Gasteiger partial charge in [0, 0.05) is 6.54 Å². The normalized spacial score (nSPS) is 16.6. The number of ether oxygens (including phenoxy) is 1. The topological polar surface area (TPSA) is 64.4 Å². The first-order valence-corrected chi connectivity index (χ1v) is 9.90. The van der Waals surface area contributed by atoms with Gasteiger partial charge in [0.1, 0.15) is 11.4 Å². The van der Waals surface area contributed by atoms with Gasteiger partial charge in [-0.15, -0.1) is 0 Å². The molecule has 6 nitrogen and oxygen atoms in total. The van der Waals surface area contributed by atoms with Crippen LogP contribution in [0, 0.1) is 0 Å². The number of likely N-dealkylation sites (tertiary alicyclic amines) is 1. The van der Waals surface area contributed by atoms with Crippen LogP contribution in [0.5, 0.6) is 0 Å². The molecule has 1 aliphatic heterocycles. The monoisotopic (exact) mass is 411 g/mol. The van der Waals surface area contributed by atoms with E-state index < -0.39 is 11.7 Å². The minimum Gasteiger partial charge on any atom is -0.444 e. The van der Waals surface area contributed by atoms with Crippen molar-refractivity contribution in [1.82, 2.24) is 14.5 Å². The molecule has 0 unspecified atom stereocenters. The van der Waals surface area contributed by atoms with Crippen LogP contribution in [0.2, 0.25) is 5.02 Å². The highest BCUT2D eigenvalue weighted by atomic mass is 35.5. The Morgan fingerprint density at radius 2 is 1.86 bits per heavy atom. The molecule has 1 aliphatic rings. The molecule has 1 fully saturated rings. The summed E-state index contributed by atoms with van der Waals surface area (Å²) in [6, 6.07) is 14.1. The van der Waals surface area contributed by atoms with Gasteiger partial charge >= 0.3 is 6.09 Å². The summed E-state index contributed by atoms with van der Waals surface area (Å²) in [7, 11) is 0. The minimum absolute atomic E-state index is 0.252. The summed E-state index contributed by atoms with van der Waals surface area (Å²) in [5.41, 5.74) is 0.345. The highest BCUT2D eigenvalue weighted by molar-refractivity contribution is 6.35. The molecule has 0 bridgehead atoms. The lowest BCUT2D eigenvalue weighted by atomic mass is 10.0. The number of aromatic nitrogens is 2. The summed E-state index contributed by atoms with van der Waals surface area (Å²) in [5.74, 6) is 0.507. The number of amides is 1. The number of benzene rings is 2. The first-order valence-electron chi connectivity index (χ1n) is 9.52. The van der Waals surface area contributed by atoms with E-state index in [0.29, 0.717) is 40.4 Å². The summed E-state index contributed by atoms with van der Waals surface area (Å²) in [4.78, 5) is 32.4. The van der Waals surface area contributed by atoms with Crippen molar-refractivity contribution in [2.75, 3.05) is 6.54 Å². The van der Waals surface area contributed by atoms with E-state index in [4.69, 9.17) is 21.3 Å². The van der Waals surface area contributed by atoms with E-state index in [0.717, 1.165) is 0 Å². The maximum atomic E-state index is 13.4. The lowest BCUT2D eigenvalue weighted by molar-refractivity contribution is -0.00780. The van der Waals surface area contributed by atoms with Crippen LogP contribution in [0.15, 0.2) is 53.3 Å². The van der Waals surface area contributed by atoms with Gasteiger partial charge in [0.25, 0.3) is 5.56 Å². The maximum absolute atomic E-state index is 13.4. The van der Waals surface area contributed by atoms with Crippen molar-refractivity contribution in [3.05, 3.63) is 69.7 Å². The number of hydrogen-bond donors (Lipinski definition) is 0. The van der Waals surface area contributed by atoms with E-state index in [1.54, 1.807) is 27.7 Å². The Kier molecular flexibility index (Phi) is 4.82. The second-order valence-corrected chi connectivity index (χ2v) is 8.47. The van der Waals surface area contributed by atoms with Crippen LogP contribution in [0.25, 0.3) is 16.6 Å². The number of carbonyl (C=O) groups is 1. The van der Waals surface area contributed by atoms with Crippen molar-refractivity contribution >= 4 is 28.6 Å². The molecule has 0 spiro atoms. The molecule has 29 heavy (non-hydrogen) atoms. The van der Waals surface area contributed by atoms with Crippen LogP contribution in [0.3, 0.4) is 0 Å². The first-order chi connectivity index (χ1) is 13.8. The molecule has 1 aromatic heterocycles. The zero-order chi connectivity index (χ0) is 20.8. The third kappa shape index (κ3) is 3.60. The van der Waals surface area contributed by atoms with Crippen LogP contribution < -0.4 is 5.56 Å². The fourth-order valence-electron chi connectivity index (χ4n) is 3.45. The summed E-state index contributed by atoms with van der Waals surface area (Å²) in [6.45, 7) is 6.04. The lowest BCUT2D eigenvalue weighted by Crippen LogP contribution is -2.49. The molecular weight excluding hydrogens is 390 g/mol. The fourth-order valence-corrected chi connectivity index (χ4v) is 3.70. The lowest BCUT2D eigenvalue weighted by Gasteiger charge is -2.41. The third-order valence-electron chi connectivity index (χ3n) is 4.83. The van der Waals surface area contributed by atoms with Gasteiger partial charge in [0.15, 0.2) is 0 Å². The third-order valence-corrected chi connectivity index (χ3v) is 5.15. The van der Waals surface area contributed by atoms with Gasteiger partial charge in [-0.05, 0) is 51.5 Å². The quantitative estimate of drug-likeness (QED) is 0.612. The Morgan fingerprint density at radius 1 is 1.14 bits per heavy atom. The van der Waals surface area contributed by atoms with E-state index >= 15 is 0 Å². The molecule has 3 aromatic rings. The summed E-state index contributed by atoms with van der Waals surface area (Å²) >= 11 is 6.32. The van der Waals surface area contributed by atoms with Gasteiger partial charge in [-0.2, -0.15) is 0 Å². The molecular formula is C22H22ClN3O3. The predicted molar refractivity (Wildman–Crippen MR) is 113 cm³/mol. The van der Waals surface area contributed by atoms with Gasteiger partial charge in [-0.25, -0.2) is 9.78 Å². The number of carbonyl (C=O) groups excluding carboxylic acids is 1. The Labute approximate surface area is 173 Å². The van der Waals surface area contributed by atoms with Crippen molar-refractivity contribution in [2.45, 2.75) is 38.8 Å². The number of rotatable bonds is 2. The van der Waals surface area contributed by atoms with Crippen molar-refractivity contribution in [3.8, 4) is 5.69 Å². The Bertz CT molecular complexity index is 1140. The second-order valence-electron chi connectivity index (χ2n) is 8.06. The standard InChI is InChI=1S/C22H22ClN3O3/c1-22(2,3)29-21(28)25-13-12-17(25)19-24-16-11-7-10-15(23)18(16)20(27)26(19)14-8-5-4-6-9-14/h4-11,17H,12-13H2,1-3H3/t17-/m0/s1. The molecule has 1 amide bonds. The Hall–Kier alpha value is -2.86. The average molecular weight is 412 g/mol. The largest absolute Gasteiger partial charge is 0.444 e. The second kappa shape index (κ2) is 7.19. The van der Waals surface area contributed by atoms with Gasteiger partial charge < -0.3 is 4.74 Å². The molecule has 1 atom stereocenters. The van der Waals surface area contributed by atoms with Crippen LogP contribution in [0.1, 0.15) is 39.1 Å². The van der Waals surface area contributed by atoms with Crippen molar-refractivity contribution in [2.24, 2.45) is 0 Å². The van der Waals surface area contributed by atoms with Crippen molar-refractivity contribution in [1.29, 1.82) is 0 Å². The number of halogens is 1. The van der Waals surface area contributed by atoms with Crippen LogP contribution >= 0.6 is 11.6 Å². The van der Waals surface area contributed by atoms with E-state index in [2.05, 4.69) is 0 Å². The molecule has 0 saturated carbocycles. The van der Waals surface area contributed by atoms with Crippen LogP contribution in [-0.4, -0.2) is 32.7 Å².